The van der Waals surface area contributed by atoms with Crippen molar-refractivity contribution in [2.45, 2.75) is 6.92 Å². The lowest BCUT2D eigenvalue weighted by Gasteiger charge is -2.07. The van der Waals surface area contributed by atoms with E-state index in [1.54, 1.807) is 6.92 Å². The monoisotopic (exact) mass is 273 g/mol. The van der Waals surface area contributed by atoms with Crippen LogP contribution >= 0.6 is 7.60 Å². The molecule has 0 unspecified atom stereocenters. The molecular weight excluding hydrogens is 261 g/mol. The third-order valence-electron chi connectivity index (χ3n) is 1.91. The zero-order valence-electron chi connectivity index (χ0n) is 9.49. The zero-order valence-corrected chi connectivity index (χ0v) is 10.4. The minimum absolute atomic E-state index is 0.177. The maximum Gasteiger partial charge on any atom is 0.413 e. The van der Waals surface area contributed by atoms with Gasteiger partial charge in [-0.05, 0) is 31.2 Å². The van der Waals surface area contributed by atoms with Gasteiger partial charge in [-0.3, -0.25) is 4.79 Å². The molecule has 0 saturated heterocycles. The smallest absolute Gasteiger partial charge is 0.413 e. The van der Waals surface area contributed by atoms with Crippen LogP contribution in [0.3, 0.4) is 0 Å². The molecule has 0 aliphatic heterocycles. The topological polar surface area (TPSA) is 113 Å². The Kier molecular flexibility index (Phi) is 4.61. The number of ether oxygens (including phenoxy) is 1. The first-order valence-electron chi connectivity index (χ1n) is 4.99. The molecule has 0 atom stereocenters. The summed E-state index contributed by atoms with van der Waals surface area (Å²) in [5.41, 5.74) is -0.936. The summed E-state index contributed by atoms with van der Waals surface area (Å²) in [7, 11) is -4.81. The zero-order chi connectivity index (χ0) is 13.8. The molecule has 0 radical (unpaired) electrons. The maximum atomic E-state index is 11.3. The number of amides is 1. The molecule has 98 valence electrons. The fourth-order valence-corrected chi connectivity index (χ4v) is 1.38. The van der Waals surface area contributed by atoms with Crippen molar-refractivity contribution in [1.29, 1.82) is 0 Å². The van der Waals surface area contributed by atoms with Crippen LogP contribution in [0.4, 0.5) is 10.5 Å². The SMILES string of the molecule is CCOC(=O)c1ccc(NC(=O)P(=O)(O)O)cc1. The molecule has 1 aromatic carbocycles. The number of anilines is 1. The van der Waals surface area contributed by atoms with E-state index >= 15 is 0 Å². The van der Waals surface area contributed by atoms with Crippen molar-refractivity contribution in [2.75, 3.05) is 11.9 Å². The fraction of sp³-hybridized carbons (Fsp3) is 0.200. The minimum atomic E-state index is -4.81. The van der Waals surface area contributed by atoms with E-state index in [4.69, 9.17) is 14.5 Å². The number of carbonyl (C=O) groups excluding carboxylic acids is 2. The summed E-state index contributed by atoms with van der Waals surface area (Å²) in [4.78, 5) is 39.5. The number of carbonyl (C=O) groups is 2. The largest absolute Gasteiger partial charge is 0.462 e. The van der Waals surface area contributed by atoms with Crippen LogP contribution in [-0.4, -0.2) is 28.0 Å². The fourth-order valence-electron chi connectivity index (χ4n) is 1.10. The van der Waals surface area contributed by atoms with Gasteiger partial charge in [-0.2, -0.15) is 0 Å². The molecule has 18 heavy (non-hydrogen) atoms. The van der Waals surface area contributed by atoms with Crippen LogP contribution in [0.1, 0.15) is 17.3 Å². The van der Waals surface area contributed by atoms with Crippen molar-refractivity contribution in [3.63, 3.8) is 0 Å². The maximum absolute atomic E-state index is 11.3. The Balaban J connectivity index is 2.75. The van der Waals surface area contributed by atoms with E-state index in [1.165, 1.54) is 24.3 Å². The third-order valence-corrected chi connectivity index (χ3v) is 2.55. The number of hydrogen-bond donors (Lipinski definition) is 3. The average molecular weight is 273 g/mol. The van der Waals surface area contributed by atoms with Gasteiger partial charge in [0.2, 0.25) is 0 Å². The van der Waals surface area contributed by atoms with E-state index < -0.39 is 19.2 Å². The van der Waals surface area contributed by atoms with Gasteiger partial charge in [-0.25, -0.2) is 9.36 Å². The van der Waals surface area contributed by atoms with Crippen LogP contribution < -0.4 is 5.32 Å². The van der Waals surface area contributed by atoms with E-state index in [0.29, 0.717) is 0 Å². The highest BCUT2D eigenvalue weighted by Gasteiger charge is 2.25. The summed E-state index contributed by atoms with van der Waals surface area (Å²) in [5, 5.41) is 2.03. The molecule has 0 saturated carbocycles. The molecule has 0 spiro atoms. The Morgan fingerprint density at radius 2 is 1.83 bits per heavy atom. The molecule has 0 heterocycles. The molecule has 7 nitrogen and oxygen atoms in total. The van der Waals surface area contributed by atoms with Gasteiger partial charge in [-0.1, -0.05) is 0 Å². The summed E-state index contributed by atoms with van der Waals surface area (Å²) >= 11 is 0. The van der Waals surface area contributed by atoms with E-state index in [0.717, 1.165) is 0 Å². The van der Waals surface area contributed by atoms with E-state index in [2.05, 4.69) is 0 Å². The van der Waals surface area contributed by atoms with Crippen LogP contribution in [0.25, 0.3) is 0 Å². The molecular formula is C10H12NO6P. The number of hydrogen-bond acceptors (Lipinski definition) is 4. The Labute approximate surface area is 103 Å². The van der Waals surface area contributed by atoms with Crippen LogP contribution in [0.15, 0.2) is 24.3 Å². The van der Waals surface area contributed by atoms with E-state index in [-0.39, 0.29) is 17.9 Å². The van der Waals surface area contributed by atoms with Crippen LogP contribution in [0.2, 0.25) is 0 Å². The van der Waals surface area contributed by atoms with Crippen LogP contribution in [0, 0.1) is 0 Å². The summed E-state index contributed by atoms with van der Waals surface area (Å²) in [6.45, 7) is 1.92. The molecule has 0 aliphatic rings. The third kappa shape index (κ3) is 3.96. The lowest BCUT2D eigenvalue weighted by atomic mass is 10.2. The first-order valence-corrected chi connectivity index (χ1v) is 6.60. The van der Waals surface area contributed by atoms with Gasteiger partial charge in [-0.15, -0.1) is 0 Å². The van der Waals surface area contributed by atoms with Crippen molar-refractivity contribution in [3.8, 4) is 0 Å². The average Bonchev–Trinajstić information content (AvgIpc) is 2.29. The predicted molar refractivity (Wildman–Crippen MR) is 63.5 cm³/mol. The van der Waals surface area contributed by atoms with Gasteiger partial charge in [0.15, 0.2) is 0 Å². The van der Waals surface area contributed by atoms with Crippen molar-refractivity contribution in [2.24, 2.45) is 0 Å². The molecule has 1 aromatic rings. The van der Waals surface area contributed by atoms with Crippen molar-refractivity contribution >= 4 is 24.9 Å². The molecule has 1 rings (SSSR count). The minimum Gasteiger partial charge on any atom is -0.462 e. The van der Waals surface area contributed by atoms with Crippen molar-refractivity contribution in [1.82, 2.24) is 0 Å². The standard InChI is InChI=1S/C10H12NO6P/c1-2-17-9(12)7-3-5-8(6-4-7)11-10(13)18(14,15)16/h3-6H,2H2,1H3,(H,11,13)(H2,14,15,16). The Morgan fingerprint density at radius 1 is 1.28 bits per heavy atom. The second kappa shape index (κ2) is 5.77. The van der Waals surface area contributed by atoms with Gasteiger partial charge >= 0.3 is 19.2 Å². The quantitative estimate of drug-likeness (QED) is 0.567. The Bertz CT molecular complexity index is 492. The number of benzene rings is 1. The highest BCUT2D eigenvalue weighted by Crippen LogP contribution is 2.36. The highest BCUT2D eigenvalue weighted by atomic mass is 31.2. The summed E-state index contributed by atoms with van der Waals surface area (Å²) in [6.07, 6.45) is 0. The van der Waals surface area contributed by atoms with Crippen molar-refractivity contribution < 1.29 is 28.7 Å². The molecule has 1 amide bonds. The van der Waals surface area contributed by atoms with E-state index in [9.17, 15) is 14.2 Å². The van der Waals surface area contributed by atoms with Gasteiger partial charge in [0.05, 0.1) is 12.2 Å². The number of esters is 1. The number of nitrogens with one attached hydrogen (secondary N) is 1. The van der Waals surface area contributed by atoms with Gasteiger partial charge in [0.1, 0.15) is 0 Å². The Hall–Kier alpha value is -1.69. The summed E-state index contributed by atoms with van der Waals surface area (Å²) in [5.74, 6) is -0.509. The second-order valence-electron chi connectivity index (χ2n) is 3.27. The summed E-state index contributed by atoms with van der Waals surface area (Å²) < 4.78 is 15.4. The molecule has 0 bridgehead atoms. The molecule has 0 fully saturated rings. The lowest BCUT2D eigenvalue weighted by molar-refractivity contribution is 0.0526. The lowest BCUT2D eigenvalue weighted by Crippen LogP contribution is -2.10. The van der Waals surface area contributed by atoms with Crippen LogP contribution in [0.5, 0.6) is 0 Å². The van der Waals surface area contributed by atoms with Gasteiger partial charge in [0, 0.05) is 5.69 Å². The number of rotatable bonds is 4. The van der Waals surface area contributed by atoms with Crippen molar-refractivity contribution in [3.05, 3.63) is 29.8 Å². The first kappa shape index (κ1) is 14.4. The molecule has 8 heteroatoms. The van der Waals surface area contributed by atoms with E-state index in [1.807, 2.05) is 5.32 Å². The second-order valence-corrected chi connectivity index (χ2v) is 4.77. The first-order chi connectivity index (χ1) is 8.34. The highest BCUT2D eigenvalue weighted by molar-refractivity contribution is 7.70. The molecule has 3 N–H and O–H groups in total. The van der Waals surface area contributed by atoms with Crippen LogP contribution in [-0.2, 0) is 9.30 Å². The normalized spacial score (nSPS) is 10.8. The summed E-state index contributed by atoms with van der Waals surface area (Å²) in [6, 6.07) is 5.46. The molecule has 0 aromatic heterocycles. The Morgan fingerprint density at radius 3 is 2.28 bits per heavy atom. The predicted octanol–water partition coefficient (Wildman–Crippen LogP) is 1.57. The molecule has 0 aliphatic carbocycles. The van der Waals surface area contributed by atoms with Gasteiger partial charge in [0.25, 0.3) is 0 Å². The van der Waals surface area contributed by atoms with Gasteiger partial charge < -0.3 is 19.8 Å².